The molecule has 0 aliphatic rings. The summed E-state index contributed by atoms with van der Waals surface area (Å²) in [6.07, 6.45) is 1.66. The Balaban J connectivity index is 1.60. The van der Waals surface area contributed by atoms with Gasteiger partial charge in [0.2, 0.25) is 0 Å². The molecule has 3 heterocycles. The molecular weight excluding hydrogens is 354 g/mol. The van der Waals surface area contributed by atoms with Gasteiger partial charge in [0.1, 0.15) is 5.58 Å². The van der Waals surface area contributed by atoms with Gasteiger partial charge in [0.15, 0.2) is 5.76 Å². The third-order valence-electron chi connectivity index (χ3n) is 3.76. The van der Waals surface area contributed by atoms with Crippen molar-refractivity contribution in [3.05, 3.63) is 71.1 Å². The number of carbonyl (C=O) groups excluding carboxylic acids is 1. The lowest BCUT2D eigenvalue weighted by molar-refractivity contribution is 0.0924. The number of carbonyl (C=O) groups is 1. The van der Waals surface area contributed by atoms with E-state index in [4.69, 9.17) is 4.42 Å². The molecular formula is C18H15N3O2S2. The first-order chi connectivity index (χ1) is 12.3. The SMILES string of the molecule is O=C(NCc1ccn[nH]1)c1oc2ccccc2c1CSc1cccs1. The summed E-state index contributed by atoms with van der Waals surface area (Å²) in [6, 6.07) is 13.7. The highest BCUT2D eigenvalue weighted by Gasteiger charge is 2.20. The van der Waals surface area contributed by atoms with Gasteiger partial charge in [0.25, 0.3) is 5.91 Å². The van der Waals surface area contributed by atoms with Crippen molar-refractivity contribution in [3.63, 3.8) is 0 Å². The van der Waals surface area contributed by atoms with Crippen LogP contribution < -0.4 is 5.32 Å². The second-order valence-electron chi connectivity index (χ2n) is 5.39. The minimum absolute atomic E-state index is 0.215. The van der Waals surface area contributed by atoms with Crippen LogP contribution in [0.3, 0.4) is 0 Å². The molecule has 2 N–H and O–H groups in total. The van der Waals surface area contributed by atoms with Gasteiger partial charge >= 0.3 is 0 Å². The van der Waals surface area contributed by atoms with Crippen LogP contribution in [0.4, 0.5) is 0 Å². The third-order valence-corrected chi connectivity index (χ3v) is 5.91. The monoisotopic (exact) mass is 369 g/mol. The van der Waals surface area contributed by atoms with Crippen molar-refractivity contribution in [2.24, 2.45) is 0 Å². The predicted molar refractivity (Wildman–Crippen MR) is 99.9 cm³/mol. The van der Waals surface area contributed by atoms with E-state index in [1.54, 1.807) is 29.3 Å². The summed E-state index contributed by atoms with van der Waals surface area (Å²) in [4.78, 5) is 12.6. The quantitative estimate of drug-likeness (QED) is 0.493. The maximum absolute atomic E-state index is 12.6. The van der Waals surface area contributed by atoms with Gasteiger partial charge < -0.3 is 9.73 Å². The maximum Gasteiger partial charge on any atom is 0.287 e. The number of aromatic nitrogens is 2. The highest BCUT2D eigenvalue weighted by Crippen LogP contribution is 2.33. The molecule has 4 rings (SSSR count). The average molecular weight is 369 g/mol. The summed E-state index contributed by atoms with van der Waals surface area (Å²) in [5, 5.41) is 12.6. The minimum Gasteiger partial charge on any atom is -0.451 e. The van der Waals surface area contributed by atoms with Crippen LogP contribution >= 0.6 is 23.1 Å². The Morgan fingerprint density at radius 3 is 2.96 bits per heavy atom. The maximum atomic E-state index is 12.6. The van der Waals surface area contributed by atoms with Crippen molar-refractivity contribution in [2.45, 2.75) is 16.5 Å². The zero-order chi connectivity index (χ0) is 17.1. The fraction of sp³-hybridized carbons (Fsp3) is 0.111. The van der Waals surface area contributed by atoms with Crippen molar-refractivity contribution in [1.29, 1.82) is 0 Å². The van der Waals surface area contributed by atoms with Gasteiger partial charge in [-0.2, -0.15) is 5.10 Å². The van der Waals surface area contributed by atoms with E-state index in [1.807, 2.05) is 41.8 Å². The number of rotatable bonds is 6. The molecule has 0 fully saturated rings. The standard InChI is InChI=1S/C18H15N3O2S2/c22-18(19-10-12-7-8-20-21-12)17-14(11-25-16-6-3-9-24-16)13-4-1-2-5-15(13)23-17/h1-9H,10-11H2,(H,19,22)(H,20,21). The fourth-order valence-electron chi connectivity index (χ4n) is 2.55. The third kappa shape index (κ3) is 3.47. The fourth-order valence-corrected chi connectivity index (χ4v) is 4.37. The summed E-state index contributed by atoms with van der Waals surface area (Å²) in [5.74, 6) is 0.849. The van der Waals surface area contributed by atoms with Gasteiger partial charge in [-0.3, -0.25) is 9.89 Å². The molecule has 0 unspecified atom stereocenters. The number of aromatic amines is 1. The Morgan fingerprint density at radius 1 is 1.24 bits per heavy atom. The van der Waals surface area contributed by atoms with Gasteiger partial charge in [-0.1, -0.05) is 24.3 Å². The Hall–Kier alpha value is -2.51. The van der Waals surface area contributed by atoms with Crippen LogP contribution in [0, 0.1) is 0 Å². The molecule has 25 heavy (non-hydrogen) atoms. The Kier molecular flexibility index (Phi) is 4.58. The molecule has 0 atom stereocenters. The summed E-state index contributed by atoms with van der Waals surface area (Å²) in [7, 11) is 0. The van der Waals surface area contributed by atoms with Gasteiger partial charge in [-0.05, 0) is 23.6 Å². The second-order valence-corrected chi connectivity index (χ2v) is 7.61. The average Bonchev–Trinajstić information content (AvgIpc) is 3.38. The van der Waals surface area contributed by atoms with Gasteiger partial charge in [0, 0.05) is 22.9 Å². The second kappa shape index (κ2) is 7.16. The number of H-pyrrole nitrogens is 1. The molecule has 1 aromatic carbocycles. The first-order valence-electron chi connectivity index (χ1n) is 7.74. The van der Waals surface area contributed by atoms with Crippen LogP contribution in [0.25, 0.3) is 11.0 Å². The molecule has 7 heteroatoms. The summed E-state index contributed by atoms with van der Waals surface area (Å²) >= 11 is 3.40. The van der Waals surface area contributed by atoms with E-state index < -0.39 is 0 Å². The lowest BCUT2D eigenvalue weighted by Gasteiger charge is -2.04. The van der Waals surface area contributed by atoms with Crippen molar-refractivity contribution in [1.82, 2.24) is 15.5 Å². The van der Waals surface area contributed by atoms with Crippen LogP contribution in [0.1, 0.15) is 21.8 Å². The zero-order valence-corrected chi connectivity index (χ0v) is 14.8. The number of thiophene rings is 1. The van der Waals surface area contributed by atoms with Gasteiger partial charge in [-0.15, -0.1) is 23.1 Å². The molecule has 0 saturated carbocycles. The van der Waals surface area contributed by atoms with Crippen molar-refractivity contribution in [3.8, 4) is 0 Å². The number of hydrogen-bond acceptors (Lipinski definition) is 5. The summed E-state index contributed by atoms with van der Waals surface area (Å²) < 4.78 is 7.07. The number of hydrogen-bond donors (Lipinski definition) is 2. The normalized spacial score (nSPS) is 11.0. The highest BCUT2D eigenvalue weighted by molar-refractivity contribution is 8.00. The van der Waals surface area contributed by atoms with Crippen molar-refractivity contribution >= 4 is 40.0 Å². The molecule has 0 spiro atoms. The van der Waals surface area contributed by atoms with E-state index in [2.05, 4.69) is 21.6 Å². The number of fused-ring (bicyclic) bond motifs is 1. The lowest BCUT2D eigenvalue weighted by atomic mass is 10.1. The molecule has 4 aromatic rings. The van der Waals surface area contributed by atoms with Crippen LogP contribution in [0.2, 0.25) is 0 Å². The Morgan fingerprint density at radius 2 is 2.16 bits per heavy atom. The van der Waals surface area contributed by atoms with E-state index in [-0.39, 0.29) is 5.91 Å². The van der Waals surface area contributed by atoms with E-state index in [0.717, 1.165) is 22.2 Å². The largest absolute Gasteiger partial charge is 0.451 e. The molecule has 1 amide bonds. The van der Waals surface area contributed by atoms with Gasteiger partial charge in [0.05, 0.1) is 16.4 Å². The molecule has 5 nitrogen and oxygen atoms in total. The van der Waals surface area contributed by atoms with Crippen LogP contribution in [-0.2, 0) is 12.3 Å². The molecule has 3 aromatic heterocycles. The minimum atomic E-state index is -0.215. The van der Waals surface area contributed by atoms with E-state index >= 15 is 0 Å². The Bertz CT molecular complexity index is 975. The molecule has 0 aliphatic carbocycles. The first-order valence-corrected chi connectivity index (χ1v) is 9.61. The summed E-state index contributed by atoms with van der Waals surface area (Å²) in [5.41, 5.74) is 2.51. The number of para-hydroxylation sites is 1. The number of nitrogens with one attached hydrogen (secondary N) is 2. The van der Waals surface area contributed by atoms with E-state index in [0.29, 0.717) is 18.1 Å². The summed E-state index contributed by atoms with van der Waals surface area (Å²) in [6.45, 7) is 0.382. The van der Waals surface area contributed by atoms with E-state index in [1.165, 1.54) is 4.21 Å². The van der Waals surface area contributed by atoms with E-state index in [9.17, 15) is 4.79 Å². The zero-order valence-electron chi connectivity index (χ0n) is 13.2. The van der Waals surface area contributed by atoms with Gasteiger partial charge in [-0.25, -0.2) is 0 Å². The van der Waals surface area contributed by atoms with Crippen LogP contribution in [-0.4, -0.2) is 16.1 Å². The van der Waals surface area contributed by atoms with Crippen LogP contribution in [0.15, 0.2) is 62.7 Å². The number of benzene rings is 1. The number of thioether (sulfide) groups is 1. The predicted octanol–water partition coefficient (Wildman–Crippen LogP) is 4.44. The number of amides is 1. The van der Waals surface area contributed by atoms with Crippen molar-refractivity contribution < 1.29 is 9.21 Å². The lowest BCUT2D eigenvalue weighted by Crippen LogP contribution is -2.23. The smallest absolute Gasteiger partial charge is 0.287 e. The number of furan rings is 1. The molecule has 0 radical (unpaired) electrons. The van der Waals surface area contributed by atoms with Crippen LogP contribution in [0.5, 0.6) is 0 Å². The van der Waals surface area contributed by atoms with Crippen molar-refractivity contribution in [2.75, 3.05) is 0 Å². The molecule has 126 valence electrons. The topological polar surface area (TPSA) is 70.9 Å². The molecule has 0 aliphatic heterocycles. The Labute approximate surface area is 152 Å². The highest BCUT2D eigenvalue weighted by atomic mass is 32.2. The first kappa shape index (κ1) is 16.0. The number of nitrogens with zero attached hydrogens (tertiary/aromatic N) is 1. The molecule has 0 bridgehead atoms. The molecule has 0 saturated heterocycles.